The molecule has 0 saturated heterocycles. The van der Waals surface area contributed by atoms with Crippen LogP contribution in [0.2, 0.25) is 0 Å². The molecule has 0 aliphatic carbocycles. The summed E-state index contributed by atoms with van der Waals surface area (Å²) in [5, 5.41) is 10.3. The van der Waals surface area contributed by atoms with Crippen LogP contribution in [0.15, 0.2) is 11.0 Å². The van der Waals surface area contributed by atoms with Gasteiger partial charge >= 0.3 is 5.82 Å². The number of aromatic nitrogens is 1. The van der Waals surface area contributed by atoms with Gasteiger partial charge in [-0.3, -0.25) is 4.79 Å². The zero-order valence-electron chi connectivity index (χ0n) is 7.08. The summed E-state index contributed by atoms with van der Waals surface area (Å²) in [5.41, 5.74) is -2.06. The molecule has 0 bridgehead atoms. The molecular weight excluding hydrogens is 198 g/mol. The summed E-state index contributed by atoms with van der Waals surface area (Å²) in [6, 6.07) is 0. The van der Waals surface area contributed by atoms with Gasteiger partial charge in [0.2, 0.25) is 5.43 Å². The van der Waals surface area contributed by atoms with Crippen molar-refractivity contribution in [1.29, 1.82) is 0 Å². The molecule has 0 aliphatic heterocycles. The Hall–Kier alpha value is -1.79. The van der Waals surface area contributed by atoms with Crippen LogP contribution in [0.25, 0.3) is 0 Å². The van der Waals surface area contributed by atoms with Gasteiger partial charge in [-0.05, 0) is 11.8 Å². The molecule has 0 saturated carbocycles. The van der Waals surface area contributed by atoms with Gasteiger partial charge in [0.1, 0.15) is 11.8 Å². The first kappa shape index (κ1) is 10.3. The maximum atomic E-state index is 12.2. The highest BCUT2D eigenvalue weighted by Gasteiger charge is 2.20. The monoisotopic (exact) mass is 204 g/mol. The maximum absolute atomic E-state index is 12.2. The maximum Gasteiger partial charge on any atom is 0.327 e. The molecule has 0 unspecified atom stereocenters. The average Bonchev–Trinajstić information content (AvgIpc) is 2.08. The molecule has 0 aliphatic rings. The van der Waals surface area contributed by atoms with E-state index in [1.165, 1.54) is 0 Å². The molecule has 76 valence electrons. The van der Waals surface area contributed by atoms with Gasteiger partial charge in [-0.15, -0.1) is 0 Å². The Kier molecular flexibility index (Phi) is 2.59. The number of halogens is 2. The summed E-state index contributed by atoms with van der Waals surface area (Å²) in [4.78, 5) is 22.7. The number of hydrogen-bond donors (Lipinski definition) is 1. The summed E-state index contributed by atoms with van der Waals surface area (Å²) in [6.07, 6.45) is -2.27. The van der Waals surface area contributed by atoms with E-state index in [1.807, 2.05) is 4.98 Å². The Labute approximate surface area is 76.5 Å². The van der Waals surface area contributed by atoms with Gasteiger partial charge in [0.25, 0.3) is 6.43 Å². The largest absolute Gasteiger partial charge is 0.358 e. The minimum absolute atomic E-state index is 0.312. The van der Waals surface area contributed by atoms with Gasteiger partial charge in [0.15, 0.2) is 0 Å². The predicted molar refractivity (Wildman–Crippen MR) is 43.4 cm³/mol. The van der Waals surface area contributed by atoms with Crippen LogP contribution in [-0.2, 0) is 0 Å². The van der Waals surface area contributed by atoms with Crippen LogP contribution in [0.4, 0.5) is 14.6 Å². The Morgan fingerprint density at radius 1 is 1.57 bits per heavy atom. The minimum atomic E-state index is -2.93. The fourth-order valence-electron chi connectivity index (χ4n) is 0.996. The van der Waals surface area contributed by atoms with Crippen molar-refractivity contribution in [2.24, 2.45) is 0 Å². The highest BCUT2D eigenvalue weighted by Crippen LogP contribution is 2.17. The second-order valence-corrected chi connectivity index (χ2v) is 2.60. The number of H-pyrrole nitrogens is 1. The van der Waals surface area contributed by atoms with E-state index in [1.54, 1.807) is 0 Å². The number of pyridine rings is 1. The Bertz CT molecular complexity index is 427. The fraction of sp³-hybridized carbons (Fsp3) is 0.286. The van der Waals surface area contributed by atoms with Crippen LogP contribution >= 0.6 is 0 Å². The summed E-state index contributed by atoms with van der Waals surface area (Å²) < 4.78 is 24.3. The van der Waals surface area contributed by atoms with E-state index in [4.69, 9.17) is 0 Å². The van der Waals surface area contributed by atoms with Crippen LogP contribution in [0.3, 0.4) is 0 Å². The first-order valence-corrected chi connectivity index (χ1v) is 3.60. The van der Waals surface area contributed by atoms with Crippen LogP contribution in [-0.4, -0.2) is 9.91 Å². The SMILES string of the molecule is Cc1c([N+](=O)[O-])[nH]cc(C(F)F)c1=O. The van der Waals surface area contributed by atoms with Crippen molar-refractivity contribution in [3.05, 3.63) is 37.7 Å². The molecule has 0 atom stereocenters. The lowest BCUT2D eigenvalue weighted by molar-refractivity contribution is -0.390. The van der Waals surface area contributed by atoms with Crippen molar-refractivity contribution in [2.45, 2.75) is 13.3 Å². The van der Waals surface area contributed by atoms with Crippen molar-refractivity contribution in [3.8, 4) is 0 Å². The lowest BCUT2D eigenvalue weighted by Gasteiger charge is -2.00. The zero-order chi connectivity index (χ0) is 10.9. The highest BCUT2D eigenvalue weighted by molar-refractivity contribution is 5.34. The van der Waals surface area contributed by atoms with Gasteiger partial charge in [-0.25, -0.2) is 13.8 Å². The first-order chi connectivity index (χ1) is 6.45. The smallest absolute Gasteiger partial charge is 0.327 e. The van der Waals surface area contributed by atoms with Gasteiger partial charge < -0.3 is 10.1 Å². The third-order valence-corrected chi connectivity index (χ3v) is 1.74. The Balaban J connectivity index is 3.42. The van der Waals surface area contributed by atoms with E-state index < -0.39 is 28.2 Å². The first-order valence-electron chi connectivity index (χ1n) is 3.60. The summed E-state index contributed by atoms with van der Waals surface area (Å²) in [6.45, 7) is 1.13. The fourth-order valence-corrected chi connectivity index (χ4v) is 0.996. The standard InChI is InChI=1S/C7H6F2N2O3/c1-3-5(12)4(6(8)9)2-10-7(3)11(13)14/h2,6H,1H3,(H,10,12). The van der Waals surface area contributed by atoms with Crippen LogP contribution in [0, 0.1) is 17.0 Å². The number of nitrogens with one attached hydrogen (secondary N) is 1. The van der Waals surface area contributed by atoms with Crippen molar-refractivity contribution in [3.63, 3.8) is 0 Å². The van der Waals surface area contributed by atoms with E-state index in [0.717, 1.165) is 6.92 Å². The molecule has 0 radical (unpaired) electrons. The van der Waals surface area contributed by atoms with Crippen molar-refractivity contribution < 1.29 is 13.7 Å². The zero-order valence-corrected chi connectivity index (χ0v) is 7.08. The molecule has 1 aromatic heterocycles. The highest BCUT2D eigenvalue weighted by atomic mass is 19.3. The van der Waals surface area contributed by atoms with E-state index in [9.17, 15) is 23.7 Å². The average molecular weight is 204 g/mol. The van der Waals surface area contributed by atoms with E-state index in [0.29, 0.717) is 6.20 Å². The molecule has 0 spiro atoms. The van der Waals surface area contributed by atoms with Gasteiger partial charge in [0.05, 0.1) is 5.56 Å². The molecule has 1 rings (SSSR count). The van der Waals surface area contributed by atoms with Gasteiger partial charge in [0, 0.05) is 0 Å². The number of rotatable bonds is 2. The van der Waals surface area contributed by atoms with Crippen molar-refractivity contribution >= 4 is 5.82 Å². The normalized spacial score (nSPS) is 10.6. The molecule has 7 heteroatoms. The topological polar surface area (TPSA) is 76.0 Å². The third-order valence-electron chi connectivity index (χ3n) is 1.74. The summed E-state index contributed by atoms with van der Waals surface area (Å²) in [7, 11) is 0. The van der Waals surface area contributed by atoms with Gasteiger partial charge in [-0.2, -0.15) is 0 Å². The number of nitrogens with zero attached hydrogens (tertiary/aromatic N) is 1. The second-order valence-electron chi connectivity index (χ2n) is 2.60. The predicted octanol–water partition coefficient (Wildman–Crippen LogP) is 1.53. The Morgan fingerprint density at radius 3 is 2.57 bits per heavy atom. The lowest BCUT2D eigenvalue weighted by atomic mass is 10.2. The van der Waals surface area contributed by atoms with E-state index in [-0.39, 0.29) is 5.56 Å². The van der Waals surface area contributed by atoms with Crippen molar-refractivity contribution in [1.82, 2.24) is 4.98 Å². The number of nitro groups is 1. The number of aromatic amines is 1. The quantitative estimate of drug-likeness (QED) is 0.586. The van der Waals surface area contributed by atoms with Gasteiger partial charge in [-0.1, -0.05) is 0 Å². The minimum Gasteiger partial charge on any atom is -0.358 e. The third kappa shape index (κ3) is 1.61. The molecule has 1 aromatic rings. The molecule has 1 N–H and O–H groups in total. The molecule has 5 nitrogen and oxygen atoms in total. The van der Waals surface area contributed by atoms with Crippen LogP contribution in [0.5, 0.6) is 0 Å². The Morgan fingerprint density at radius 2 is 2.14 bits per heavy atom. The molecule has 1 heterocycles. The van der Waals surface area contributed by atoms with Crippen molar-refractivity contribution in [2.75, 3.05) is 0 Å². The summed E-state index contributed by atoms with van der Waals surface area (Å²) >= 11 is 0. The summed E-state index contributed by atoms with van der Waals surface area (Å²) in [5.74, 6) is -0.556. The molecule has 0 fully saturated rings. The molecule has 0 aromatic carbocycles. The number of hydrogen-bond acceptors (Lipinski definition) is 3. The van der Waals surface area contributed by atoms with Crippen LogP contribution in [0.1, 0.15) is 17.6 Å². The van der Waals surface area contributed by atoms with E-state index >= 15 is 0 Å². The second kappa shape index (κ2) is 3.52. The number of alkyl halides is 2. The van der Waals surface area contributed by atoms with E-state index in [2.05, 4.69) is 0 Å². The molecule has 0 amide bonds. The lowest BCUT2D eigenvalue weighted by Crippen LogP contribution is -2.15. The van der Waals surface area contributed by atoms with Crippen LogP contribution < -0.4 is 5.43 Å². The molecular formula is C7H6F2N2O3. The molecule has 14 heavy (non-hydrogen) atoms.